The quantitative estimate of drug-likeness (QED) is 0.167. The molecule has 3 amide bonds. The predicted molar refractivity (Wildman–Crippen MR) is 179 cm³/mol. The van der Waals surface area contributed by atoms with Gasteiger partial charge in [0.15, 0.2) is 0 Å². The number of hydrazine groups is 1. The van der Waals surface area contributed by atoms with E-state index in [9.17, 15) is 29.1 Å². The molecule has 0 bridgehead atoms. The standard InChI is InChI=1S/C33H47ClN6O7/c1-18(2)25(28(43)35-19(3)29(44)40-15-9-10-23(39-40)30(45)47-17-33(7,8)34)37-31(46)32(5,6)14-13-21-11-12-22-24(16-21)36-26(20(4)41)38-27(22)42/h11-14,16,18-20,23,25,39,41H,9-10,15,17H2,1-8H3,(H,35,43)(H,37,46)(H,36,38,42)/b14-13+/t19-,20+,23-,25-/m0/s1. The van der Waals surface area contributed by atoms with Gasteiger partial charge < -0.3 is 25.5 Å². The third-order valence-electron chi connectivity index (χ3n) is 7.68. The fraction of sp³-hybridized carbons (Fsp3) is 0.576. The molecule has 1 saturated heterocycles. The zero-order chi connectivity index (χ0) is 35.3. The summed E-state index contributed by atoms with van der Waals surface area (Å²) in [7, 11) is 0. The van der Waals surface area contributed by atoms with Crippen molar-refractivity contribution < 1.29 is 29.0 Å². The summed E-state index contributed by atoms with van der Waals surface area (Å²) in [6.45, 7) is 13.9. The molecule has 0 spiro atoms. The van der Waals surface area contributed by atoms with E-state index in [0.29, 0.717) is 35.9 Å². The van der Waals surface area contributed by atoms with Crippen LogP contribution in [0.5, 0.6) is 0 Å². The number of rotatable bonds is 12. The maximum absolute atomic E-state index is 13.4. The fourth-order valence-electron chi connectivity index (χ4n) is 4.78. The van der Waals surface area contributed by atoms with E-state index in [1.54, 1.807) is 78.8 Å². The number of aliphatic hydroxyl groups is 1. The molecule has 0 radical (unpaired) electrons. The third kappa shape index (κ3) is 10.3. The van der Waals surface area contributed by atoms with E-state index in [4.69, 9.17) is 16.3 Å². The van der Waals surface area contributed by atoms with Gasteiger partial charge >= 0.3 is 5.97 Å². The zero-order valence-corrected chi connectivity index (χ0v) is 29.0. The average molecular weight is 675 g/mol. The SMILES string of the molecule is CC(C)[C@H](NC(=O)C(C)(C)/C=C/c1ccc2c(=O)[nH]c([C@@H](C)O)nc2c1)C(=O)N[C@@H](C)C(=O)N1CCC[C@@H](C(=O)OCC(C)(C)Cl)N1. The van der Waals surface area contributed by atoms with Crippen LogP contribution in [0.3, 0.4) is 0 Å². The number of fused-ring (bicyclic) bond motifs is 1. The maximum atomic E-state index is 13.4. The number of hydrogen-bond donors (Lipinski definition) is 5. The summed E-state index contributed by atoms with van der Waals surface area (Å²) >= 11 is 6.11. The normalized spacial score (nSPS) is 17.8. The van der Waals surface area contributed by atoms with Gasteiger partial charge in [-0.25, -0.2) is 10.4 Å². The molecule has 14 heteroatoms. The van der Waals surface area contributed by atoms with E-state index >= 15 is 0 Å². The number of aromatic amines is 1. The van der Waals surface area contributed by atoms with Crippen molar-refractivity contribution in [3.05, 3.63) is 46.0 Å². The smallest absolute Gasteiger partial charge is 0.325 e. The van der Waals surface area contributed by atoms with Crippen molar-refractivity contribution in [3.8, 4) is 0 Å². The number of ether oxygens (including phenoxy) is 1. The van der Waals surface area contributed by atoms with Crippen LogP contribution in [0.15, 0.2) is 29.1 Å². The Hall–Kier alpha value is -3.81. The molecule has 1 aromatic carbocycles. The second kappa shape index (κ2) is 15.4. The number of alkyl halides is 1. The first-order valence-electron chi connectivity index (χ1n) is 15.7. The van der Waals surface area contributed by atoms with Crippen molar-refractivity contribution in [2.75, 3.05) is 13.2 Å². The minimum atomic E-state index is -1.05. The average Bonchev–Trinajstić information content (AvgIpc) is 3.00. The zero-order valence-electron chi connectivity index (χ0n) is 28.3. The van der Waals surface area contributed by atoms with Gasteiger partial charge in [-0.2, -0.15) is 0 Å². The highest BCUT2D eigenvalue weighted by molar-refractivity contribution is 6.23. The number of amides is 3. The third-order valence-corrected chi connectivity index (χ3v) is 7.79. The first kappa shape index (κ1) is 37.6. The molecule has 4 atom stereocenters. The minimum absolute atomic E-state index is 0.0235. The van der Waals surface area contributed by atoms with E-state index in [1.807, 2.05) is 0 Å². The van der Waals surface area contributed by atoms with Gasteiger partial charge in [-0.3, -0.25) is 29.0 Å². The highest BCUT2D eigenvalue weighted by Crippen LogP contribution is 2.22. The summed E-state index contributed by atoms with van der Waals surface area (Å²) in [6, 6.07) is 2.43. The molecule has 0 aliphatic carbocycles. The van der Waals surface area contributed by atoms with Crippen molar-refractivity contribution >= 4 is 52.3 Å². The molecule has 5 N–H and O–H groups in total. The number of halogens is 1. The number of carbonyl (C=O) groups excluding carboxylic acids is 4. The lowest BCUT2D eigenvalue weighted by Gasteiger charge is -2.35. The lowest BCUT2D eigenvalue weighted by atomic mass is 9.89. The van der Waals surface area contributed by atoms with Gasteiger partial charge in [0.25, 0.3) is 11.5 Å². The first-order chi connectivity index (χ1) is 21.8. The summed E-state index contributed by atoms with van der Waals surface area (Å²) < 4.78 is 5.29. The van der Waals surface area contributed by atoms with Crippen LogP contribution in [0.25, 0.3) is 17.0 Å². The summed E-state index contributed by atoms with van der Waals surface area (Å²) in [6.07, 6.45) is 3.51. The van der Waals surface area contributed by atoms with Crippen LogP contribution in [0.2, 0.25) is 0 Å². The Morgan fingerprint density at radius 1 is 1.15 bits per heavy atom. The van der Waals surface area contributed by atoms with Crippen molar-refractivity contribution in [2.24, 2.45) is 11.3 Å². The Morgan fingerprint density at radius 3 is 2.45 bits per heavy atom. The van der Waals surface area contributed by atoms with Crippen molar-refractivity contribution in [1.29, 1.82) is 0 Å². The topological polar surface area (TPSA) is 183 Å². The molecular formula is C33H47ClN6O7. The summed E-state index contributed by atoms with van der Waals surface area (Å²) in [4.78, 5) is 71.0. The van der Waals surface area contributed by atoms with Crippen molar-refractivity contribution in [1.82, 2.24) is 31.0 Å². The molecule has 1 aliphatic rings. The molecule has 3 rings (SSSR count). The lowest BCUT2D eigenvalue weighted by molar-refractivity contribution is -0.153. The van der Waals surface area contributed by atoms with Crippen LogP contribution in [-0.4, -0.2) is 79.9 Å². The van der Waals surface area contributed by atoms with E-state index in [-0.39, 0.29) is 23.9 Å². The van der Waals surface area contributed by atoms with Gasteiger partial charge in [0.1, 0.15) is 36.7 Å². The Morgan fingerprint density at radius 2 is 1.83 bits per heavy atom. The molecule has 2 heterocycles. The summed E-state index contributed by atoms with van der Waals surface area (Å²) in [5.41, 5.74) is 2.58. The second-order valence-corrected chi connectivity index (χ2v) is 14.5. The maximum Gasteiger partial charge on any atom is 0.325 e. The number of hydrogen-bond acceptors (Lipinski definition) is 9. The van der Waals surface area contributed by atoms with Gasteiger partial charge in [0.2, 0.25) is 11.8 Å². The second-order valence-electron chi connectivity index (χ2n) is 13.5. The Labute approximate surface area is 279 Å². The number of H-pyrrole nitrogens is 1. The van der Waals surface area contributed by atoms with Gasteiger partial charge in [0.05, 0.1) is 21.2 Å². The van der Waals surface area contributed by atoms with Crippen LogP contribution in [0.1, 0.15) is 85.7 Å². The van der Waals surface area contributed by atoms with Crippen LogP contribution in [0.4, 0.5) is 0 Å². The highest BCUT2D eigenvalue weighted by Gasteiger charge is 2.35. The number of aliphatic hydroxyl groups excluding tert-OH is 1. The molecule has 0 unspecified atom stereocenters. The van der Waals surface area contributed by atoms with E-state index in [1.165, 1.54) is 11.9 Å². The number of esters is 1. The molecule has 13 nitrogen and oxygen atoms in total. The Balaban J connectivity index is 1.64. The largest absolute Gasteiger partial charge is 0.463 e. The number of aromatic nitrogens is 2. The van der Waals surface area contributed by atoms with Crippen LogP contribution in [0, 0.1) is 11.3 Å². The number of nitrogens with zero attached hydrogens (tertiary/aromatic N) is 2. The summed E-state index contributed by atoms with van der Waals surface area (Å²) in [5.74, 6) is -2.02. The lowest BCUT2D eigenvalue weighted by Crippen LogP contribution is -2.61. The molecule has 1 aliphatic heterocycles. The molecule has 1 fully saturated rings. The molecule has 1 aromatic heterocycles. The van der Waals surface area contributed by atoms with Crippen LogP contribution in [-0.2, 0) is 23.9 Å². The van der Waals surface area contributed by atoms with Crippen molar-refractivity contribution in [2.45, 2.75) is 97.3 Å². The number of carbonyl (C=O) groups is 4. The first-order valence-corrected chi connectivity index (χ1v) is 16.1. The monoisotopic (exact) mass is 674 g/mol. The molecule has 47 heavy (non-hydrogen) atoms. The Bertz CT molecular complexity index is 1560. The number of benzene rings is 1. The van der Waals surface area contributed by atoms with E-state index < -0.39 is 58.2 Å². The summed E-state index contributed by atoms with van der Waals surface area (Å²) in [5, 5.41) is 17.0. The molecule has 258 valence electrons. The van der Waals surface area contributed by atoms with Gasteiger partial charge in [0, 0.05) is 6.54 Å². The molecular weight excluding hydrogens is 628 g/mol. The van der Waals surface area contributed by atoms with Crippen molar-refractivity contribution in [3.63, 3.8) is 0 Å². The van der Waals surface area contributed by atoms with Gasteiger partial charge in [-0.05, 0) is 78.0 Å². The van der Waals surface area contributed by atoms with Crippen LogP contribution >= 0.6 is 11.6 Å². The predicted octanol–water partition coefficient (Wildman–Crippen LogP) is 2.72. The van der Waals surface area contributed by atoms with E-state index in [2.05, 4.69) is 26.0 Å². The fourth-order valence-corrected chi connectivity index (χ4v) is 4.83. The van der Waals surface area contributed by atoms with Gasteiger partial charge in [-0.15, -0.1) is 11.6 Å². The molecule has 2 aromatic rings. The molecule has 0 saturated carbocycles. The van der Waals surface area contributed by atoms with Crippen LogP contribution < -0.4 is 21.6 Å². The Kier molecular flexibility index (Phi) is 12.3. The van der Waals surface area contributed by atoms with E-state index in [0.717, 1.165) is 0 Å². The van der Waals surface area contributed by atoms with Gasteiger partial charge in [-0.1, -0.05) is 32.1 Å². The highest BCUT2D eigenvalue weighted by atomic mass is 35.5. The minimum Gasteiger partial charge on any atom is -0.463 e. The number of nitrogens with one attached hydrogen (secondary N) is 4.